The molecule has 5 nitrogen and oxygen atoms in total. The maximum atomic E-state index is 13.5. The fourth-order valence-electron chi connectivity index (χ4n) is 2.36. The summed E-state index contributed by atoms with van der Waals surface area (Å²) >= 11 is 0. The molecule has 6 heteroatoms. The Labute approximate surface area is 133 Å². The van der Waals surface area contributed by atoms with Gasteiger partial charge in [-0.15, -0.1) is 5.10 Å². The fraction of sp³-hybridized carbons (Fsp3) is 0.235. The van der Waals surface area contributed by atoms with Gasteiger partial charge in [0, 0.05) is 17.8 Å². The number of halogens is 1. The molecule has 1 N–H and O–H groups in total. The van der Waals surface area contributed by atoms with E-state index in [0.29, 0.717) is 22.3 Å². The number of carbonyl (C=O) groups excluding carboxylic acids is 1. The Morgan fingerprint density at radius 3 is 2.83 bits per heavy atom. The summed E-state index contributed by atoms with van der Waals surface area (Å²) in [7, 11) is 0. The van der Waals surface area contributed by atoms with Gasteiger partial charge in [-0.2, -0.15) is 0 Å². The van der Waals surface area contributed by atoms with Gasteiger partial charge in [0.15, 0.2) is 0 Å². The maximum Gasteiger partial charge on any atom is 0.255 e. The van der Waals surface area contributed by atoms with E-state index in [2.05, 4.69) is 22.6 Å². The Morgan fingerprint density at radius 1 is 1.26 bits per heavy atom. The third kappa shape index (κ3) is 3.06. The van der Waals surface area contributed by atoms with Crippen LogP contribution in [0.3, 0.4) is 0 Å². The van der Waals surface area contributed by atoms with Crippen LogP contribution in [-0.4, -0.2) is 20.9 Å². The standard InChI is InChI=1S/C17H17FN4O/c1-3-8-22-16-7-5-12(9-15(16)20-21-22)17(23)19-13-6-4-11(2)14(18)10-13/h4-7,9-10H,3,8H2,1-2H3,(H,19,23). The van der Waals surface area contributed by atoms with Crippen molar-refractivity contribution >= 4 is 22.6 Å². The van der Waals surface area contributed by atoms with Gasteiger partial charge in [0.25, 0.3) is 5.91 Å². The molecular weight excluding hydrogens is 295 g/mol. The molecule has 0 unspecified atom stereocenters. The molecule has 0 radical (unpaired) electrons. The lowest BCUT2D eigenvalue weighted by Crippen LogP contribution is -2.12. The summed E-state index contributed by atoms with van der Waals surface area (Å²) in [5.74, 6) is -0.652. The highest BCUT2D eigenvalue weighted by molar-refractivity contribution is 6.05. The van der Waals surface area contributed by atoms with Gasteiger partial charge in [-0.05, 0) is 49.2 Å². The number of hydrogen-bond acceptors (Lipinski definition) is 3. The van der Waals surface area contributed by atoms with Crippen LogP contribution in [0.4, 0.5) is 10.1 Å². The number of aromatic nitrogens is 3. The van der Waals surface area contributed by atoms with Crippen LogP contribution in [0, 0.1) is 12.7 Å². The van der Waals surface area contributed by atoms with Gasteiger partial charge in [0.2, 0.25) is 0 Å². The van der Waals surface area contributed by atoms with E-state index in [9.17, 15) is 9.18 Å². The number of nitrogens with one attached hydrogen (secondary N) is 1. The molecule has 1 heterocycles. The molecular formula is C17H17FN4O. The first-order chi connectivity index (χ1) is 11.1. The van der Waals surface area contributed by atoms with Crippen molar-refractivity contribution in [3.05, 3.63) is 53.3 Å². The van der Waals surface area contributed by atoms with E-state index in [1.54, 1.807) is 31.2 Å². The average Bonchev–Trinajstić information content (AvgIpc) is 2.94. The molecule has 1 aromatic heterocycles. The van der Waals surface area contributed by atoms with E-state index >= 15 is 0 Å². The molecule has 2 aromatic carbocycles. The molecule has 3 rings (SSSR count). The number of nitrogens with zero attached hydrogens (tertiary/aromatic N) is 3. The van der Waals surface area contributed by atoms with Crippen LogP contribution in [0.25, 0.3) is 11.0 Å². The molecule has 0 atom stereocenters. The van der Waals surface area contributed by atoms with Crippen molar-refractivity contribution in [3.8, 4) is 0 Å². The van der Waals surface area contributed by atoms with E-state index in [1.807, 2.05) is 10.7 Å². The molecule has 23 heavy (non-hydrogen) atoms. The summed E-state index contributed by atoms with van der Waals surface area (Å²) in [4.78, 5) is 12.3. The van der Waals surface area contributed by atoms with Crippen LogP contribution in [-0.2, 0) is 6.54 Å². The monoisotopic (exact) mass is 312 g/mol. The second-order valence-corrected chi connectivity index (χ2v) is 5.43. The predicted molar refractivity (Wildman–Crippen MR) is 86.9 cm³/mol. The smallest absolute Gasteiger partial charge is 0.255 e. The summed E-state index contributed by atoms with van der Waals surface area (Å²) in [5, 5.41) is 10.9. The van der Waals surface area contributed by atoms with Crippen LogP contribution >= 0.6 is 0 Å². The van der Waals surface area contributed by atoms with Crippen molar-refractivity contribution in [2.24, 2.45) is 0 Å². The summed E-state index contributed by atoms with van der Waals surface area (Å²) in [5.41, 5.74) is 2.98. The fourth-order valence-corrected chi connectivity index (χ4v) is 2.36. The van der Waals surface area contributed by atoms with Crippen LogP contribution in [0.5, 0.6) is 0 Å². The highest BCUT2D eigenvalue weighted by Gasteiger charge is 2.11. The SMILES string of the molecule is CCCn1nnc2cc(C(=O)Nc3ccc(C)c(F)c3)ccc21. The van der Waals surface area contributed by atoms with Gasteiger partial charge in [0.05, 0.1) is 5.52 Å². The molecule has 118 valence electrons. The van der Waals surface area contributed by atoms with Crippen molar-refractivity contribution < 1.29 is 9.18 Å². The number of carbonyl (C=O) groups is 1. The minimum absolute atomic E-state index is 0.305. The Kier molecular flexibility index (Phi) is 4.06. The van der Waals surface area contributed by atoms with Gasteiger partial charge in [-0.3, -0.25) is 4.79 Å². The number of amides is 1. The first kappa shape index (κ1) is 15.1. The lowest BCUT2D eigenvalue weighted by molar-refractivity contribution is 0.102. The number of anilines is 1. The van der Waals surface area contributed by atoms with E-state index in [4.69, 9.17) is 0 Å². The van der Waals surface area contributed by atoms with E-state index in [-0.39, 0.29) is 11.7 Å². The summed E-state index contributed by atoms with van der Waals surface area (Å²) in [6.07, 6.45) is 0.958. The van der Waals surface area contributed by atoms with Gasteiger partial charge >= 0.3 is 0 Å². The molecule has 0 fully saturated rings. The van der Waals surface area contributed by atoms with Crippen LogP contribution in [0.15, 0.2) is 36.4 Å². The number of benzene rings is 2. The number of rotatable bonds is 4. The molecule has 0 aliphatic rings. The highest BCUT2D eigenvalue weighted by atomic mass is 19.1. The zero-order chi connectivity index (χ0) is 16.4. The summed E-state index contributed by atoms with van der Waals surface area (Å²) < 4.78 is 15.4. The van der Waals surface area contributed by atoms with Gasteiger partial charge in [-0.25, -0.2) is 9.07 Å². The third-order valence-corrected chi connectivity index (χ3v) is 3.64. The van der Waals surface area contributed by atoms with E-state index < -0.39 is 0 Å². The Hall–Kier alpha value is -2.76. The molecule has 0 spiro atoms. The lowest BCUT2D eigenvalue weighted by atomic mass is 10.1. The Balaban J connectivity index is 1.84. The first-order valence-corrected chi connectivity index (χ1v) is 7.49. The molecule has 0 bridgehead atoms. The minimum Gasteiger partial charge on any atom is -0.322 e. The van der Waals surface area contributed by atoms with Crippen molar-refractivity contribution in [2.45, 2.75) is 26.8 Å². The molecule has 0 aliphatic carbocycles. The first-order valence-electron chi connectivity index (χ1n) is 7.49. The summed E-state index contributed by atoms with van der Waals surface area (Å²) in [6.45, 7) is 4.52. The molecule has 3 aromatic rings. The van der Waals surface area contributed by atoms with Gasteiger partial charge in [-0.1, -0.05) is 18.2 Å². The minimum atomic E-state index is -0.347. The number of aryl methyl sites for hydroxylation is 2. The Morgan fingerprint density at radius 2 is 2.09 bits per heavy atom. The predicted octanol–water partition coefficient (Wildman–Crippen LogP) is 3.54. The second-order valence-electron chi connectivity index (χ2n) is 5.43. The summed E-state index contributed by atoms with van der Waals surface area (Å²) in [6, 6.07) is 9.85. The zero-order valence-corrected chi connectivity index (χ0v) is 13.0. The zero-order valence-electron chi connectivity index (χ0n) is 13.0. The van der Waals surface area contributed by atoms with Crippen molar-refractivity contribution in [2.75, 3.05) is 5.32 Å². The largest absolute Gasteiger partial charge is 0.322 e. The topological polar surface area (TPSA) is 59.8 Å². The quantitative estimate of drug-likeness (QED) is 0.801. The molecule has 1 amide bonds. The normalized spacial score (nSPS) is 10.9. The molecule has 0 aliphatic heterocycles. The number of hydrogen-bond donors (Lipinski definition) is 1. The third-order valence-electron chi connectivity index (χ3n) is 3.64. The average molecular weight is 312 g/mol. The molecule has 0 saturated carbocycles. The maximum absolute atomic E-state index is 13.5. The highest BCUT2D eigenvalue weighted by Crippen LogP contribution is 2.17. The van der Waals surface area contributed by atoms with Gasteiger partial charge in [0.1, 0.15) is 11.3 Å². The van der Waals surface area contributed by atoms with Crippen molar-refractivity contribution in [3.63, 3.8) is 0 Å². The van der Waals surface area contributed by atoms with Gasteiger partial charge < -0.3 is 5.32 Å². The van der Waals surface area contributed by atoms with Crippen molar-refractivity contribution in [1.82, 2.24) is 15.0 Å². The lowest BCUT2D eigenvalue weighted by Gasteiger charge is -2.06. The van der Waals surface area contributed by atoms with Crippen molar-refractivity contribution in [1.29, 1.82) is 0 Å². The second kappa shape index (κ2) is 6.16. The Bertz CT molecular complexity index is 872. The van der Waals surface area contributed by atoms with Crippen LogP contribution in [0.2, 0.25) is 0 Å². The van der Waals surface area contributed by atoms with Crippen LogP contribution < -0.4 is 5.32 Å². The number of fused-ring (bicyclic) bond motifs is 1. The van der Waals surface area contributed by atoms with E-state index in [1.165, 1.54) is 6.07 Å². The van der Waals surface area contributed by atoms with E-state index in [0.717, 1.165) is 18.5 Å². The molecule has 0 saturated heterocycles. The van der Waals surface area contributed by atoms with Crippen LogP contribution in [0.1, 0.15) is 29.3 Å².